The molecule has 1 rings (SSSR count). The molecule has 4 N–H and O–H groups in total. The summed E-state index contributed by atoms with van der Waals surface area (Å²) in [5.41, 5.74) is 0. The van der Waals surface area contributed by atoms with E-state index in [-0.39, 0.29) is 6.61 Å². The molecule has 0 aromatic heterocycles. The van der Waals surface area contributed by atoms with Gasteiger partial charge in [-0.2, -0.15) is 0 Å². The number of hydrogen-bond acceptors (Lipinski definition) is 6. The molecular weight excluding hydrogens is 192 g/mol. The molecule has 83 valence electrons. The summed E-state index contributed by atoms with van der Waals surface area (Å²) >= 11 is 0. The van der Waals surface area contributed by atoms with E-state index in [1.807, 2.05) is 0 Å². The summed E-state index contributed by atoms with van der Waals surface area (Å²) in [5, 5.41) is 36.9. The smallest absolute Gasteiger partial charge is 0.186 e. The van der Waals surface area contributed by atoms with Gasteiger partial charge in [0.05, 0.1) is 6.61 Å². The van der Waals surface area contributed by atoms with E-state index in [9.17, 15) is 15.3 Å². The van der Waals surface area contributed by atoms with Crippen molar-refractivity contribution >= 4 is 0 Å². The summed E-state index contributed by atoms with van der Waals surface area (Å²) in [4.78, 5) is 0. The first kappa shape index (κ1) is 11.8. The lowest BCUT2D eigenvalue weighted by Crippen LogP contribution is -2.59. The number of aliphatic hydroxyl groups excluding tert-OH is 4. The Kier molecular flexibility index (Phi) is 4.24. The maximum atomic E-state index is 9.38. The summed E-state index contributed by atoms with van der Waals surface area (Å²) in [6.45, 7) is 2.99. The van der Waals surface area contributed by atoms with Crippen LogP contribution in [0.15, 0.2) is 0 Å². The molecule has 1 saturated heterocycles. The zero-order valence-corrected chi connectivity index (χ0v) is 7.61. The van der Waals surface area contributed by atoms with Crippen LogP contribution in [0.3, 0.4) is 0 Å². The minimum atomic E-state index is -1.39. The third kappa shape index (κ3) is 2.22. The van der Waals surface area contributed by atoms with Gasteiger partial charge >= 0.3 is 0 Å². The van der Waals surface area contributed by atoms with Crippen LogP contribution in [0.4, 0.5) is 0 Å². The molecule has 0 bridgehead atoms. The van der Waals surface area contributed by atoms with E-state index in [2.05, 4.69) is 6.92 Å². The highest BCUT2D eigenvalue weighted by molar-refractivity contribution is 4.88. The molecule has 5 atom stereocenters. The monoisotopic (exact) mass is 207 g/mol. The summed E-state index contributed by atoms with van der Waals surface area (Å²) in [6.07, 6.45) is -6.07. The van der Waals surface area contributed by atoms with Crippen molar-refractivity contribution in [2.24, 2.45) is 0 Å². The van der Waals surface area contributed by atoms with Crippen molar-refractivity contribution in [3.8, 4) is 0 Å². The van der Waals surface area contributed by atoms with Crippen molar-refractivity contribution in [1.82, 2.24) is 0 Å². The Morgan fingerprint density at radius 1 is 1.14 bits per heavy atom. The van der Waals surface area contributed by atoms with Gasteiger partial charge in [-0.15, -0.1) is 0 Å². The van der Waals surface area contributed by atoms with Crippen LogP contribution in [0.2, 0.25) is 0 Å². The average molecular weight is 207 g/mol. The van der Waals surface area contributed by atoms with Crippen LogP contribution in [0.1, 0.15) is 0 Å². The van der Waals surface area contributed by atoms with Crippen molar-refractivity contribution in [3.05, 3.63) is 6.92 Å². The quantitative estimate of drug-likeness (QED) is 0.413. The van der Waals surface area contributed by atoms with Gasteiger partial charge in [0.1, 0.15) is 24.4 Å². The van der Waals surface area contributed by atoms with Crippen LogP contribution in [0, 0.1) is 6.92 Å². The Morgan fingerprint density at radius 2 is 1.79 bits per heavy atom. The second-order valence-corrected chi connectivity index (χ2v) is 3.07. The highest BCUT2D eigenvalue weighted by atomic mass is 16.7. The predicted octanol–water partition coefficient (Wildman–Crippen LogP) is -2.36. The molecule has 1 aliphatic rings. The molecule has 0 aromatic rings. The number of ether oxygens (including phenoxy) is 2. The Balaban J connectivity index is 2.63. The summed E-state index contributed by atoms with van der Waals surface area (Å²) in [6, 6.07) is 0. The van der Waals surface area contributed by atoms with Gasteiger partial charge in [0.2, 0.25) is 0 Å². The molecular formula is C8H15O6. The minimum Gasteiger partial charge on any atom is -0.394 e. The first-order valence-electron chi connectivity index (χ1n) is 4.33. The fraction of sp³-hybridized carbons (Fsp3) is 0.875. The first-order valence-corrected chi connectivity index (χ1v) is 4.33. The van der Waals surface area contributed by atoms with Crippen molar-refractivity contribution in [3.63, 3.8) is 0 Å². The van der Waals surface area contributed by atoms with Crippen molar-refractivity contribution in [2.75, 3.05) is 13.2 Å². The fourth-order valence-corrected chi connectivity index (χ4v) is 1.32. The molecule has 0 aromatic carbocycles. The van der Waals surface area contributed by atoms with Crippen LogP contribution in [-0.4, -0.2) is 64.3 Å². The lowest BCUT2D eigenvalue weighted by molar-refractivity contribution is -0.298. The zero-order valence-electron chi connectivity index (χ0n) is 7.61. The van der Waals surface area contributed by atoms with Gasteiger partial charge in [-0.1, -0.05) is 0 Å². The SMILES string of the molecule is [CH2]CO[C@@H]1O[C@H](CO)[C@@H](O)[C@H](O)[C@@H]1O. The van der Waals surface area contributed by atoms with Crippen LogP contribution < -0.4 is 0 Å². The van der Waals surface area contributed by atoms with E-state index in [0.717, 1.165) is 0 Å². The Bertz CT molecular complexity index is 171. The standard InChI is InChI=1S/C8H15O6/c1-2-13-8-7(12)6(11)5(10)4(3-9)14-8/h4-12H,1-3H2/t4-,5-,6+,7+,8-/m1/s1. The van der Waals surface area contributed by atoms with E-state index in [4.69, 9.17) is 14.6 Å². The molecule has 0 aliphatic carbocycles. The van der Waals surface area contributed by atoms with E-state index in [0.29, 0.717) is 0 Å². The van der Waals surface area contributed by atoms with E-state index < -0.39 is 37.3 Å². The fourth-order valence-electron chi connectivity index (χ4n) is 1.32. The molecule has 0 amide bonds. The van der Waals surface area contributed by atoms with Gasteiger partial charge in [0.15, 0.2) is 6.29 Å². The maximum absolute atomic E-state index is 9.38. The van der Waals surface area contributed by atoms with E-state index in [1.54, 1.807) is 0 Å². The van der Waals surface area contributed by atoms with Crippen molar-refractivity contribution in [1.29, 1.82) is 0 Å². The zero-order chi connectivity index (χ0) is 10.7. The van der Waals surface area contributed by atoms with E-state index >= 15 is 0 Å². The highest BCUT2D eigenvalue weighted by Gasteiger charge is 2.43. The second-order valence-electron chi connectivity index (χ2n) is 3.07. The number of aliphatic hydroxyl groups is 4. The average Bonchev–Trinajstić information content (AvgIpc) is 2.19. The van der Waals surface area contributed by atoms with Crippen molar-refractivity contribution in [2.45, 2.75) is 30.7 Å². The normalized spacial score (nSPS) is 43.9. The molecule has 6 nitrogen and oxygen atoms in total. The second kappa shape index (κ2) is 5.01. The van der Waals surface area contributed by atoms with Crippen LogP contribution in [0.25, 0.3) is 0 Å². The third-order valence-corrected chi connectivity index (χ3v) is 2.13. The molecule has 6 heteroatoms. The highest BCUT2D eigenvalue weighted by Crippen LogP contribution is 2.21. The molecule has 1 fully saturated rings. The number of rotatable bonds is 3. The number of hydrogen-bond donors (Lipinski definition) is 4. The lowest BCUT2D eigenvalue weighted by atomic mass is 9.99. The van der Waals surface area contributed by atoms with Gasteiger partial charge in [-0.3, -0.25) is 0 Å². The molecule has 1 radical (unpaired) electrons. The van der Waals surface area contributed by atoms with Crippen LogP contribution in [-0.2, 0) is 9.47 Å². The van der Waals surface area contributed by atoms with Crippen molar-refractivity contribution < 1.29 is 29.9 Å². The summed E-state index contributed by atoms with van der Waals surface area (Å²) in [7, 11) is 0. The Hall–Kier alpha value is -0.240. The predicted molar refractivity (Wildman–Crippen MR) is 45.1 cm³/mol. The topological polar surface area (TPSA) is 99.4 Å². The van der Waals surface area contributed by atoms with Crippen LogP contribution >= 0.6 is 0 Å². The third-order valence-electron chi connectivity index (χ3n) is 2.13. The summed E-state index contributed by atoms with van der Waals surface area (Å²) < 4.78 is 9.88. The largest absolute Gasteiger partial charge is 0.394 e. The molecule has 14 heavy (non-hydrogen) atoms. The lowest BCUT2D eigenvalue weighted by Gasteiger charge is -2.39. The molecule has 1 heterocycles. The maximum Gasteiger partial charge on any atom is 0.186 e. The molecule has 1 aliphatic heterocycles. The van der Waals surface area contributed by atoms with Gasteiger partial charge < -0.3 is 29.9 Å². The Morgan fingerprint density at radius 3 is 2.29 bits per heavy atom. The van der Waals surface area contributed by atoms with Gasteiger partial charge in [0, 0.05) is 6.61 Å². The van der Waals surface area contributed by atoms with E-state index in [1.165, 1.54) is 0 Å². The van der Waals surface area contributed by atoms with Gasteiger partial charge in [0.25, 0.3) is 0 Å². The minimum absolute atomic E-state index is 0.0582. The molecule has 0 unspecified atom stereocenters. The molecule has 0 spiro atoms. The summed E-state index contributed by atoms with van der Waals surface area (Å²) in [5.74, 6) is 0. The van der Waals surface area contributed by atoms with Gasteiger partial charge in [-0.25, -0.2) is 0 Å². The van der Waals surface area contributed by atoms with Gasteiger partial charge in [-0.05, 0) is 6.92 Å². The first-order chi connectivity index (χ1) is 6.61. The Labute approximate surface area is 81.7 Å². The molecule has 0 saturated carbocycles. The van der Waals surface area contributed by atoms with Crippen LogP contribution in [0.5, 0.6) is 0 Å².